The van der Waals surface area contributed by atoms with E-state index in [-0.39, 0.29) is 0 Å². The number of pyridine rings is 1. The van der Waals surface area contributed by atoms with E-state index in [0.29, 0.717) is 22.2 Å². The molecule has 0 bridgehead atoms. The Bertz CT molecular complexity index is 822. The van der Waals surface area contributed by atoms with Gasteiger partial charge in [-0.25, -0.2) is 9.97 Å². The van der Waals surface area contributed by atoms with E-state index >= 15 is 0 Å². The summed E-state index contributed by atoms with van der Waals surface area (Å²) in [5.74, 6) is 2.06. The fourth-order valence-electron chi connectivity index (χ4n) is 2.17. The van der Waals surface area contributed by atoms with Crippen molar-refractivity contribution in [2.24, 2.45) is 5.73 Å². The number of thiocarbonyl (C=S) groups is 1. The van der Waals surface area contributed by atoms with Gasteiger partial charge in [-0.05, 0) is 26.0 Å². The molecule has 0 aliphatic rings. The molecule has 0 atom stereocenters. The molecule has 1 aromatic carbocycles. The third-order valence-corrected chi connectivity index (χ3v) is 3.26. The number of para-hydroxylation sites is 1. The van der Waals surface area contributed by atoms with Gasteiger partial charge in [-0.15, -0.1) is 5.10 Å². The van der Waals surface area contributed by atoms with Crippen molar-refractivity contribution >= 4 is 28.1 Å². The maximum atomic E-state index is 5.83. The molecule has 6 heteroatoms. The van der Waals surface area contributed by atoms with Gasteiger partial charge in [0.25, 0.3) is 0 Å². The quantitative estimate of drug-likeness (QED) is 0.729. The normalized spacial score (nSPS) is 10.9. The van der Waals surface area contributed by atoms with Crippen LogP contribution < -0.4 is 5.73 Å². The van der Waals surface area contributed by atoms with Gasteiger partial charge >= 0.3 is 0 Å². The Hall–Kier alpha value is -2.34. The van der Waals surface area contributed by atoms with Gasteiger partial charge in [0.1, 0.15) is 16.6 Å². The zero-order chi connectivity index (χ0) is 14.3. The molecule has 0 aliphatic carbocycles. The molecular formula is C14H13N5S. The van der Waals surface area contributed by atoms with Crippen LogP contribution in [0, 0.1) is 13.8 Å². The van der Waals surface area contributed by atoms with Crippen LogP contribution in [0.25, 0.3) is 16.7 Å². The van der Waals surface area contributed by atoms with Gasteiger partial charge in [0, 0.05) is 5.39 Å². The Balaban J connectivity index is 2.35. The Morgan fingerprint density at radius 1 is 1.20 bits per heavy atom. The van der Waals surface area contributed by atoms with Gasteiger partial charge in [-0.3, -0.25) is 0 Å². The van der Waals surface area contributed by atoms with E-state index in [4.69, 9.17) is 18.0 Å². The maximum absolute atomic E-state index is 5.83. The molecular weight excluding hydrogens is 270 g/mol. The van der Waals surface area contributed by atoms with Crippen molar-refractivity contribution in [3.63, 3.8) is 0 Å². The van der Waals surface area contributed by atoms with Crippen molar-refractivity contribution < 1.29 is 0 Å². The minimum absolute atomic E-state index is 0.297. The van der Waals surface area contributed by atoms with Gasteiger partial charge < -0.3 is 5.73 Å². The number of nitrogens with zero attached hydrogens (tertiary/aromatic N) is 4. The predicted octanol–water partition coefficient (Wildman–Crippen LogP) is 2.07. The van der Waals surface area contributed by atoms with Crippen LogP contribution >= 0.6 is 12.2 Å². The number of hydrogen-bond donors (Lipinski definition) is 1. The van der Waals surface area contributed by atoms with Crippen molar-refractivity contribution in [1.29, 1.82) is 0 Å². The Morgan fingerprint density at radius 3 is 2.60 bits per heavy atom. The largest absolute Gasteiger partial charge is 0.389 e. The summed E-state index contributed by atoms with van der Waals surface area (Å²) >= 11 is 5.14. The van der Waals surface area contributed by atoms with Crippen molar-refractivity contribution in [2.75, 3.05) is 0 Å². The topological polar surface area (TPSA) is 69.6 Å². The van der Waals surface area contributed by atoms with Crippen LogP contribution in [0.5, 0.6) is 0 Å². The van der Waals surface area contributed by atoms with Crippen LogP contribution in [0.2, 0.25) is 0 Å². The highest BCUT2D eigenvalue weighted by Gasteiger charge is 2.14. The molecule has 0 radical (unpaired) electrons. The van der Waals surface area contributed by atoms with Crippen molar-refractivity contribution in [3.05, 3.63) is 47.5 Å². The third-order valence-electron chi connectivity index (χ3n) is 3.04. The summed E-state index contributed by atoms with van der Waals surface area (Å²) in [6.45, 7) is 3.71. The van der Waals surface area contributed by atoms with Crippen LogP contribution in [0.4, 0.5) is 0 Å². The molecule has 0 saturated carbocycles. The average Bonchev–Trinajstić information content (AvgIpc) is 2.76. The number of fused-ring (bicyclic) bond motifs is 1. The second-order valence-corrected chi connectivity index (χ2v) is 4.97. The number of aromatic nitrogens is 4. The zero-order valence-electron chi connectivity index (χ0n) is 11.2. The van der Waals surface area contributed by atoms with Crippen LogP contribution in [-0.4, -0.2) is 24.7 Å². The highest BCUT2D eigenvalue weighted by Crippen LogP contribution is 2.20. The Labute approximate surface area is 121 Å². The predicted molar refractivity (Wildman–Crippen MR) is 82.0 cm³/mol. The van der Waals surface area contributed by atoms with E-state index in [2.05, 4.69) is 15.1 Å². The van der Waals surface area contributed by atoms with Crippen LogP contribution in [0.15, 0.2) is 30.3 Å². The summed E-state index contributed by atoms with van der Waals surface area (Å²) < 4.78 is 1.68. The second-order valence-electron chi connectivity index (χ2n) is 4.53. The minimum atomic E-state index is 0.297. The van der Waals surface area contributed by atoms with Gasteiger partial charge in [-0.1, -0.05) is 30.4 Å². The number of benzene rings is 1. The first-order valence-corrected chi connectivity index (χ1v) is 6.57. The highest BCUT2D eigenvalue weighted by molar-refractivity contribution is 7.80. The van der Waals surface area contributed by atoms with E-state index in [0.717, 1.165) is 16.7 Å². The first kappa shape index (κ1) is 12.7. The summed E-state index contributed by atoms with van der Waals surface area (Å²) in [7, 11) is 0. The van der Waals surface area contributed by atoms with Crippen LogP contribution in [-0.2, 0) is 0 Å². The molecule has 100 valence electrons. The highest BCUT2D eigenvalue weighted by atomic mass is 32.1. The summed E-state index contributed by atoms with van der Waals surface area (Å²) in [5.41, 5.74) is 7.40. The molecule has 3 rings (SSSR count). The fraction of sp³-hybridized carbons (Fsp3) is 0.143. The number of hydrogen-bond acceptors (Lipinski definition) is 4. The molecule has 20 heavy (non-hydrogen) atoms. The van der Waals surface area contributed by atoms with E-state index in [1.54, 1.807) is 4.68 Å². The zero-order valence-corrected chi connectivity index (χ0v) is 12.0. The van der Waals surface area contributed by atoms with Crippen molar-refractivity contribution in [3.8, 4) is 5.82 Å². The lowest BCUT2D eigenvalue weighted by atomic mass is 10.1. The fourth-order valence-corrected chi connectivity index (χ4v) is 2.32. The molecule has 2 N–H and O–H groups in total. The van der Waals surface area contributed by atoms with Gasteiger partial charge in [-0.2, -0.15) is 4.68 Å². The first-order valence-electron chi connectivity index (χ1n) is 6.16. The van der Waals surface area contributed by atoms with E-state index in [1.165, 1.54) is 0 Å². The third kappa shape index (κ3) is 2.04. The van der Waals surface area contributed by atoms with Gasteiger partial charge in [0.2, 0.25) is 0 Å². The lowest BCUT2D eigenvalue weighted by Gasteiger charge is -2.10. The summed E-state index contributed by atoms with van der Waals surface area (Å²) in [5, 5.41) is 5.35. The molecule has 2 heterocycles. The maximum Gasteiger partial charge on any atom is 0.166 e. The Kier molecular flexibility index (Phi) is 2.94. The molecule has 3 aromatic rings. The van der Waals surface area contributed by atoms with Crippen LogP contribution in [0.1, 0.15) is 17.2 Å². The van der Waals surface area contributed by atoms with Crippen molar-refractivity contribution in [1.82, 2.24) is 19.7 Å². The van der Waals surface area contributed by atoms with Crippen molar-refractivity contribution in [2.45, 2.75) is 13.8 Å². The molecule has 0 aliphatic heterocycles. The summed E-state index contributed by atoms with van der Waals surface area (Å²) in [6.07, 6.45) is 0. The SMILES string of the molecule is Cc1nc(C)n(-c2nc3ccccc3cc2C(N)=S)n1. The van der Waals surface area contributed by atoms with E-state index in [9.17, 15) is 0 Å². The minimum Gasteiger partial charge on any atom is -0.389 e. The van der Waals surface area contributed by atoms with Gasteiger partial charge in [0.05, 0.1) is 11.1 Å². The lowest BCUT2D eigenvalue weighted by Crippen LogP contribution is -2.16. The summed E-state index contributed by atoms with van der Waals surface area (Å²) in [6, 6.07) is 9.77. The summed E-state index contributed by atoms with van der Waals surface area (Å²) in [4.78, 5) is 9.23. The molecule has 5 nitrogen and oxygen atoms in total. The second kappa shape index (κ2) is 4.64. The number of nitrogens with two attached hydrogens (primary N) is 1. The molecule has 0 fully saturated rings. The van der Waals surface area contributed by atoms with Gasteiger partial charge in [0.15, 0.2) is 5.82 Å². The standard InChI is InChI=1S/C14H13N5S/c1-8-16-9(2)19(18-8)14-11(13(15)20)7-10-5-3-4-6-12(10)17-14/h3-7H,1-2H3,(H2,15,20). The molecule has 0 amide bonds. The smallest absolute Gasteiger partial charge is 0.166 e. The number of aryl methyl sites for hydroxylation is 2. The Morgan fingerprint density at radius 2 is 1.95 bits per heavy atom. The monoisotopic (exact) mass is 283 g/mol. The van der Waals surface area contributed by atoms with E-state index in [1.807, 2.05) is 44.2 Å². The first-order chi connectivity index (χ1) is 9.56. The lowest BCUT2D eigenvalue weighted by molar-refractivity contribution is 0.806. The number of rotatable bonds is 2. The molecule has 0 unspecified atom stereocenters. The van der Waals surface area contributed by atoms with Crippen LogP contribution in [0.3, 0.4) is 0 Å². The molecule has 2 aromatic heterocycles. The molecule has 0 spiro atoms. The molecule has 0 saturated heterocycles. The van der Waals surface area contributed by atoms with E-state index < -0.39 is 0 Å². The average molecular weight is 283 g/mol.